The standard InChI is InChI=1S/C10H16BrN3O2/c1-6(2)12-10(15)16-5-8-9(11)7(3)14(4)13-8/h6H,5H2,1-4H3,(H,12,15). The molecule has 5 nitrogen and oxygen atoms in total. The maximum atomic E-state index is 11.2. The molecule has 90 valence electrons. The van der Waals surface area contributed by atoms with Gasteiger partial charge in [0, 0.05) is 18.8 Å². The maximum absolute atomic E-state index is 11.2. The number of hydrogen-bond acceptors (Lipinski definition) is 3. The highest BCUT2D eigenvalue weighted by Crippen LogP contribution is 2.20. The number of amides is 1. The minimum absolute atomic E-state index is 0.0707. The summed E-state index contributed by atoms with van der Waals surface area (Å²) >= 11 is 3.41. The largest absolute Gasteiger partial charge is 0.443 e. The van der Waals surface area contributed by atoms with Crippen molar-refractivity contribution in [3.8, 4) is 0 Å². The molecule has 6 heteroatoms. The van der Waals surface area contributed by atoms with Gasteiger partial charge in [-0.3, -0.25) is 4.68 Å². The maximum Gasteiger partial charge on any atom is 0.407 e. The normalized spacial score (nSPS) is 10.6. The molecule has 0 aliphatic rings. The molecule has 1 amide bonds. The van der Waals surface area contributed by atoms with Gasteiger partial charge in [-0.15, -0.1) is 0 Å². The lowest BCUT2D eigenvalue weighted by atomic mass is 10.4. The average molecular weight is 290 g/mol. The Labute approximate surface area is 103 Å². The molecular formula is C10H16BrN3O2. The number of halogens is 1. The van der Waals surface area contributed by atoms with Crippen LogP contribution in [-0.4, -0.2) is 21.9 Å². The number of aryl methyl sites for hydroxylation is 1. The predicted molar refractivity (Wildman–Crippen MR) is 64.1 cm³/mol. The Kier molecular flexibility index (Phi) is 4.35. The third-order valence-corrected chi connectivity index (χ3v) is 3.11. The molecule has 0 unspecified atom stereocenters. The van der Waals surface area contributed by atoms with Crippen LogP contribution in [0.15, 0.2) is 4.47 Å². The Hall–Kier alpha value is -1.04. The molecule has 1 aromatic rings. The van der Waals surface area contributed by atoms with E-state index < -0.39 is 6.09 Å². The molecule has 0 spiro atoms. The molecule has 0 aliphatic heterocycles. The van der Waals surface area contributed by atoms with Gasteiger partial charge in [0.15, 0.2) is 0 Å². The lowest BCUT2D eigenvalue weighted by Crippen LogP contribution is -2.30. The van der Waals surface area contributed by atoms with Crippen LogP contribution in [0.2, 0.25) is 0 Å². The van der Waals surface area contributed by atoms with Crippen molar-refractivity contribution in [1.82, 2.24) is 15.1 Å². The van der Waals surface area contributed by atoms with E-state index in [1.54, 1.807) is 4.68 Å². The van der Waals surface area contributed by atoms with E-state index in [2.05, 4.69) is 26.3 Å². The molecule has 0 saturated heterocycles. The molecule has 16 heavy (non-hydrogen) atoms. The van der Waals surface area contributed by atoms with Crippen molar-refractivity contribution in [3.05, 3.63) is 15.9 Å². The molecule has 0 aliphatic carbocycles. The molecular weight excluding hydrogens is 274 g/mol. The van der Waals surface area contributed by atoms with Crippen molar-refractivity contribution in [2.75, 3.05) is 0 Å². The van der Waals surface area contributed by atoms with Crippen molar-refractivity contribution in [2.45, 2.75) is 33.4 Å². The van der Waals surface area contributed by atoms with Crippen LogP contribution in [0, 0.1) is 6.92 Å². The highest BCUT2D eigenvalue weighted by Gasteiger charge is 2.12. The van der Waals surface area contributed by atoms with E-state index in [-0.39, 0.29) is 12.6 Å². The topological polar surface area (TPSA) is 56.1 Å². The van der Waals surface area contributed by atoms with Crippen LogP contribution in [0.3, 0.4) is 0 Å². The van der Waals surface area contributed by atoms with Crippen molar-refractivity contribution in [1.29, 1.82) is 0 Å². The zero-order chi connectivity index (χ0) is 12.3. The molecule has 1 aromatic heterocycles. The minimum Gasteiger partial charge on any atom is -0.443 e. The molecule has 0 radical (unpaired) electrons. The molecule has 1 N–H and O–H groups in total. The van der Waals surface area contributed by atoms with E-state index in [1.807, 2.05) is 27.8 Å². The Morgan fingerprint density at radius 1 is 1.62 bits per heavy atom. The summed E-state index contributed by atoms with van der Waals surface area (Å²) in [6, 6.07) is 0.0707. The van der Waals surface area contributed by atoms with Gasteiger partial charge in [-0.1, -0.05) is 0 Å². The van der Waals surface area contributed by atoms with Crippen LogP contribution in [0.4, 0.5) is 4.79 Å². The van der Waals surface area contributed by atoms with Crippen LogP contribution in [0.5, 0.6) is 0 Å². The fraction of sp³-hybridized carbons (Fsp3) is 0.600. The van der Waals surface area contributed by atoms with Crippen LogP contribution >= 0.6 is 15.9 Å². The fourth-order valence-electron chi connectivity index (χ4n) is 1.15. The number of nitrogens with zero attached hydrogens (tertiary/aromatic N) is 2. The van der Waals surface area contributed by atoms with Crippen LogP contribution < -0.4 is 5.32 Å². The number of rotatable bonds is 3. The van der Waals surface area contributed by atoms with Crippen molar-refractivity contribution < 1.29 is 9.53 Å². The number of ether oxygens (including phenoxy) is 1. The molecule has 0 aromatic carbocycles. The first-order valence-corrected chi connectivity index (χ1v) is 5.82. The Morgan fingerprint density at radius 2 is 2.25 bits per heavy atom. The van der Waals surface area contributed by atoms with Gasteiger partial charge in [-0.25, -0.2) is 4.79 Å². The van der Waals surface area contributed by atoms with Gasteiger partial charge < -0.3 is 10.1 Å². The summed E-state index contributed by atoms with van der Waals surface area (Å²) in [7, 11) is 1.85. The second-order valence-electron chi connectivity index (χ2n) is 3.84. The van der Waals surface area contributed by atoms with Gasteiger partial charge in [0.1, 0.15) is 12.3 Å². The quantitative estimate of drug-likeness (QED) is 0.927. The molecule has 0 saturated carbocycles. The van der Waals surface area contributed by atoms with Crippen molar-refractivity contribution in [2.24, 2.45) is 7.05 Å². The average Bonchev–Trinajstić information content (AvgIpc) is 2.42. The van der Waals surface area contributed by atoms with Crippen LogP contribution in [0.25, 0.3) is 0 Å². The van der Waals surface area contributed by atoms with Gasteiger partial charge in [0.05, 0.1) is 4.47 Å². The van der Waals surface area contributed by atoms with Crippen LogP contribution in [0.1, 0.15) is 25.2 Å². The highest BCUT2D eigenvalue weighted by atomic mass is 79.9. The molecule has 1 rings (SSSR count). The Morgan fingerprint density at radius 3 is 2.69 bits per heavy atom. The summed E-state index contributed by atoms with van der Waals surface area (Å²) < 4.78 is 7.65. The third-order valence-electron chi connectivity index (χ3n) is 2.07. The van der Waals surface area contributed by atoms with Gasteiger partial charge in [-0.2, -0.15) is 5.10 Å². The summed E-state index contributed by atoms with van der Waals surface area (Å²) in [5.74, 6) is 0. The summed E-state index contributed by atoms with van der Waals surface area (Å²) in [5.41, 5.74) is 1.72. The Balaban J connectivity index is 2.55. The van der Waals surface area contributed by atoms with E-state index in [0.717, 1.165) is 15.9 Å². The van der Waals surface area contributed by atoms with Gasteiger partial charge in [0.2, 0.25) is 0 Å². The number of carbonyl (C=O) groups is 1. The second kappa shape index (κ2) is 5.34. The lowest BCUT2D eigenvalue weighted by Gasteiger charge is -2.08. The van der Waals surface area contributed by atoms with Gasteiger partial charge >= 0.3 is 6.09 Å². The van der Waals surface area contributed by atoms with Crippen molar-refractivity contribution in [3.63, 3.8) is 0 Å². The SMILES string of the molecule is Cc1c(Br)c(COC(=O)NC(C)C)nn1C. The third kappa shape index (κ3) is 3.23. The van der Waals surface area contributed by atoms with E-state index in [9.17, 15) is 4.79 Å². The highest BCUT2D eigenvalue weighted by molar-refractivity contribution is 9.10. The molecule has 0 bridgehead atoms. The second-order valence-corrected chi connectivity index (χ2v) is 4.64. The Bertz CT molecular complexity index is 388. The zero-order valence-electron chi connectivity index (χ0n) is 9.87. The number of nitrogens with one attached hydrogen (secondary N) is 1. The van der Waals surface area contributed by atoms with Gasteiger partial charge in [0.25, 0.3) is 0 Å². The monoisotopic (exact) mass is 289 g/mol. The van der Waals surface area contributed by atoms with Gasteiger partial charge in [-0.05, 0) is 36.7 Å². The number of alkyl carbamates (subject to hydrolysis) is 1. The number of carbonyl (C=O) groups excluding carboxylic acids is 1. The summed E-state index contributed by atoms with van der Waals surface area (Å²) in [5, 5.41) is 6.87. The minimum atomic E-state index is -0.426. The first-order chi connectivity index (χ1) is 7.41. The first kappa shape index (κ1) is 13.0. The predicted octanol–water partition coefficient (Wildman–Crippen LogP) is 2.13. The summed E-state index contributed by atoms with van der Waals surface area (Å²) in [6.07, 6.45) is -0.426. The van der Waals surface area contributed by atoms with E-state index in [0.29, 0.717) is 0 Å². The van der Waals surface area contributed by atoms with E-state index >= 15 is 0 Å². The first-order valence-electron chi connectivity index (χ1n) is 5.03. The van der Waals surface area contributed by atoms with E-state index in [4.69, 9.17) is 4.74 Å². The summed E-state index contributed by atoms with van der Waals surface area (Å²) in [4.78, 5) is 11.2. The number of aromatic nitrogens is 2. The smallest absolute Gasteiger partial charge is 0.407 e. The fourth-order valence-corrected chi connectivity index (χ4v) is 1.60. The van der Waals surface area contributed by atoms with E-state index in [1.165, 1.54) is 0 Å². The van der Waals surface area contributed by atoms with Crippen LogP contribution in [-0.2, 0) is 18.4 Å². The van der Waals surface area contributed by atoms with Crippen molar-refractivity contribution >= 4 is 22.0 Å². The molecule has 1 heterocycles. The zero-order valence-corrected chi connectivity index (χ0v) is 11.5. The number of hydrogen-bond donors (Lipinski definition) is 1. The molecule has 0 fully saturated rings. The molecule has 0 atom stereocenters. The lowest BCUT2D eigenvalue weighted by molar-refractivity contribution is 0.135. The summed E-state index contributed by atoms with van der Waals surface area (Å²) in [6.45, 7) is 5.86.